The fourth-order valence-corrected chi connectivity index (χ4v) is 4.00. The monoisotopic (exact) mass is 433 g/mol. The smallest absolute Gasteiger partial charge is 0.296 e. The summed E-state index contributed by atoms with van der Waals surface area (Å²) in [6.45, 7) is 9.98. The highest BCUT2D eigenvalue weighted by atomic mass is 16.3. The number of ketones is 1. The summed E-state index contributed by atoms with van der Waals surface area (Å²) < 4.78 is 11.2. The van der Waals surface area contributed by atoms with Crippen molar-refractivity contribution in [2.75, 3.05) is 0 Å². The van der Waals surface area contributed by atoms with Gasteiger partial charge in [-0.1, -0.05) is 32.9 Å². The molecule has 1 atom stereocenters. The van der Waals surface area contributed by atoms with E-state index in [1.807, 2.05) is 25.1 Å². The van der Waals surface area contributed by atoms with Crippen LogP contribution in [0.3, 0.4) is 0 Å². The van der Waals surface area contributed by atoms with E-state index in [4.69, 9.17) is 8.83 Å². The number of aryl methyl sites for hydroxylation is 2. The molecule has 1 amide bonds. The first-order chi connectivity index (χ1) is 15.1. The van der Waals surface area contributed by atoms with Crippen molar-refractivity contribution in [3.05, 3.63) is 88.3 Å². The van der Waals surface area contributed by atoms with Crippen molar-refractivity contribution in [1.82, 2.24) is 4.90 Å². The Kier molecular flexibility index (Phi) is 5.33. The Morgan fingerprint density at radius 1 is 1.09 bits per heavy atom. The second-order valence-corrected chi connectivity index (χ2v) is 9.23. The average Bonchev–Trinajstić information content (AvgIpc) is 3.44. The molecular formula is C26H27NO5. The Hall–Kier alpha value is -3.54. The van der Waals surface area contributed by atoms with Crippen molar-refractivity contribution in [3.8, 4) is 0 Å². The molecule has 1 aliphatic heterocycles. The highest BCUT2D eigenvalue weighted by Crippen LogP contribution is 2.41. The molecule has 3 aromatic rings. The minimum Gasteiger partial charge on any atom is -0.507 e. The number of carbonyl (C=O) groups excluding carboxylic acids is 2. The van der Waals surface area contributed by atoms with E-state index in [9.17, 15) is 14.7 Å². The zero-order chi connectivity index (χ0) is 23.2. The Balaban J connectivity index is 1.90. The van der Waals surface area contributed by atoms with Crippen LogP contribution >= 0.6 is 0 Å². The van der Waals surface area contributed by atoms with Crippen LogP contribution in [-0.4, -0.2) is 21.7 Å². The molecule has 0 saturated carbocycles. The number of amides is 1. The molecule has 1 N–H and O–H groups in total. The standard InChI is InChI=1S/C26H27NO5/c1-15-8-10-17(26(3,4)5)13-19(15)23(28)21-22(20-11-9-16(2)32-20)27(25(30)24(21)29)14-18-7-6-12-31-18/h6-13,22,28H,14H2,1-5H3/b23-21+. The van der Waals surface area contributed by atoms with Gasteiger partial charge in [-0.2, -0.15) is 0 Å². The Bertz CT molecular complexity index is 1210. The van der Waals surface area contributed by atoms with Gasteiger partial charge in [-0.15, -0.1) is 0 Å². The first-order valence-electron chi connectivity index (χ1n) is 10.6. The van der Waals surface area contributed by atoms with E-state index in [0.29, 0.717) is 22.8 Å². The molecule has 0 spiro atoms. The summed E-state index contributed by atoms with van der Waals surface area (Å²) >= 11 is 0. The molecular weight excluding hydrogens is 406 g/mol. The summed E-state index contributed by atoms with van der Waals surface area (Å²) in [5, 5.41) is 11.4. The number of aliphatic hydroxyl groups excluding tert-OH is 1. The molecule has 32 heavy (non-hydrogen) atoms. The van der Waals surface area contributed by atoms with Gasteiger partial charge in [0, 0.05) is 5.56 Å². The number of carbonyl (C=O) groups is 2. The minimum absolute atomic E-state index is 0.0186. The van der Waals surface area contributed by atoms with E-state index in [0.717, 1.165) is 11.1 Å². The zero-order valence-electron chi connectivity index (χ0n) is 18.9. The van der Waals surface area contributed by atoms with Crippen LogP contribution in [0.4, 0.5) is 0 Å². The fourth-order valence-electron chi connectivity index (χ4n) is 4.00. The van der Waals surface area contributed by atoms with Gasteiger partial charge in [-0.25, -0.2) is 0 Å². The van der Waals surface area contributed by atoms with Gasteiger partial charge in [-0.3, -0.25) is 9.59 Å². The van der Waals surface area contributed by atoms with E-state index in [1.165, 1.54) is 11.2 Å². The molecule has 0 radical (unpaired) electrons. The summed E-state index contributed by atoms with van der Waals surface area (Å²) in [4.78, 5) is 27.6. The van der Waals surface area contributed by atoms with Crippen molar-refractivity contribution in [2.45, 2.75) is 52.6 Å². The van der Waals surface area contributed by atoms with Crippen molar-refractivity contribution in [2.24, 2.45) is 0 Å². The predicted molar refractivity (Wildman–Crippen MR) is 120 cm³/mol. The van der Waals surface area contributed by atoms with Crippen LogP contribution in [0.2, 0.25) is 0 Å². The fraction of sp³-hybridized carbons (Fsp3) is 0.308. The van der Waals surface area contributed by atoms with Crippen LogP contribution in [0.1, 0.15) is 60.8 Å². The third kappa shape index (κ3) is 3.77. The summed E-state index contributed by atoms with van der Waals surface area (Å²) in [7, 11) is 0. The Labute approximate surface area is 187 Å². The highest BCUT2D eigenvalue weighted by Gasteiger charge is 2.48. The third-order valence-corrected chi connectivity index (χ3v) is 5.84. The maximum atomic E-state index is 13.2. The molecule has 6 heteroatoms. The number of rotatable bonds is 4. The summed E-state index contributed by atoms with van der Waals surface area (Å²) in [5.41, 5.74) is 2.22. The topological polar surface area (TPSA) is 83.9 Å². The normalized spacial score (nSPS) is 18.5. The summed E-state index contributed by atoms with van der Waals surface area (Å²) in [5.74, 6) is -0.0479. The highest BCUT2D eigenvalue weighted by molar-refractivity contribution is 6.46. The average molecular weight is 434 g/mol. The molecule has 166 valence electrons. The lowest BCUT2D eigenvalue weighted by atomic mass is 9.84. The van der Waals surface area contributed by atoms with Crippen molar-refractivity contribution >= 4 is 17.4 Å². The first kappa shape index (κ1) is 21.7. The van der Waals surface area contributed by atoms with Crippen LogP contribution in [0.25, 0.3) is 5.76 Å². The minimum atomic E-state index is -0.855. The van der Waals surface area contributed by atoms with Crippen LogP contribution in [0.15, 0.2) is 63.1 Å². The molecule has 3 heterocycles. The van der Waals surface area contributed by atoms with Gasteiger partial charge < -0.3 is 18.8 Å². The molecule has 1 saturated heterocycles. The number of nitrogens with zero attached hydrogens (tertiary/aromatic N) is 1. The number of likely N-dealkylation sites (tertiary alicyclic amines) is 1. The van der Waals surface area contributed by atoms with Gasteiger partial charge in [-0.05, 0) is 60.7 Å². The van der Waals surface area contributed by atoms with Crippen molar-refractivity contribution in [3.63, 3.8) is 0 Å². The molecule has 1 unspecified atom stereocenters. The number of hydrogen-bond donors (Lipinski definition) is 1. The second-order valence-electron chi connectivity index (χ2n) is 9.23. The third-order valence-electron chi connectivity index (χ3n) is 5.84. The quantitative estimate of drug-likeness (QED) is 0.338. The lowest BCUT2D eigenvalue weighted by Crippen LogP contribution is -2.28. The van der Waals surface area contributed by atoms with E-state index < -0.39 is 17.7 Å². The predicted octanol–water partition coefficient (Wildman–Crippen LogP) is 5.41. The molecule has 0 aliphatic carbocycles. The molecule has 0 bridgehead atoms. The van der Waals surface area contributed by atoms with Gasteiger partial charge >= 0.3 is 0 Å². The number of benzene rings is 1. The van der Waals surface area contributed by atoms with Gasteiger partial charge in [0.05, 0.1) is 18.4 Å². The van der Waals surface area contributed by atoms with Crippen molar-refractivity contribution < 1.29 is 23.5 Å². The molecule has 6 nitrogen and oxygen atoms in total. The van der Waals surface area contributed by atoms with E-state index in [-0.39, 0.29) is 23.3 Å². The van der Waals surface area contributed by atoms with E-state index in [2.05, 4.69) is 20.8 Å². The summed E-state index contributed by atoms with van der Waals surface area (Å²) in [6, 6.07) is 11.9. The van der Waals surface area contributed by atoms with Crippen LogP contribution in [-0.2, 0) is 21.5 Å². The number of hydrogen-bond acceptors (Lipinski definition) is 5. The molecule has 1 aliphatic rings. The first-order valence-corrected chi connectivity index (χ1v) is 10.6. The molecule has 2 aromatic heterocycles. The Morgan fingerprint density at radius 3 is 2.44 bits per heavy atom. The van der Waals surface area contributed by atoms with Gasteiger partial charge in [0.15, 0.2) is 0 Å². The maximum Gasteiger partial charge on any atom is 0.296 e. The number of aliphatic hydroxyl groups is 1. The zero-order valence-corrected chi connectivity index (χ0v) is 18.9. The van der Waals surface area contributed by atoms with Crippen LogP contribution < -0.4 is 0 Å². The lowest BCUT2D eigenvalue weighted by Gasteiger charge is -2.23. The maximum absolute atomic E-state index is 13.2. The van der Waals surface area contributed by atoms with Crippen LogP contribution in [0, 0.1) is 13.8 Å². The SMILES string of the molecule is Cc1ccc(C2/C(=C(\O)c3cc(C(C)(C)C)ccc3C)C(=O)C(=O)N2Cc2ccco2)o1. The lowest BCUT2D eigenvalue weighted by molar-refractivity contribution is -0.140. The van der Waals surface area contributed by atoms with E-state index >= 15 is 0 Å². The number of Topliss-reactive ketones (excluding diaryl/α,β-unsaturated/α-hetero) is 1. The van der Waals surface area contributed by atoms with Crippen LogP contribution in [0.5, 0.6) is 0 Å². The van der Waals surface area contributed by atoms with Gasteiger partial charge in [0.1, 0.15) is 29.1 Å². The van der Waals surface area contributed by atoms with Gasteiger partial charge in [0.2, 0.25) is 0 Å². The summed E-state index contributed by atoms with van der Waals surface area (Å²) in [6.07, 6.45) is 1.51. The van der Waals surface area contributed by atoms with Gasteiger partial charge in [0.25, 0.3) is 11.7 Å². The van der Waals surface area contributed by atoms with E-state index in [1.54, 1.807) is 31.2 Å². The molecule has 1 fully saturated rings. The largest absolute Gasteiger partial charge is 0.507 e. The molecule has 1 aromatic carbocycles. The van der Waals surface area contributed by atoms with Crippen molar-refractivity contribution in [1.29, 1.82) is 0 Å². The molecule has 4 rings (SSSR count). The second kappa shape index (κ2) is 7.86. The number of furan rings is 2. The Morgan fingerprint density at radius 2 is 1.84 bits per heavy atom.